The van der Waals surface area contributed by atoms with Crippen molar-refractivity contribution >= 4 is 16.9 Å². The molecule has 0 spiro atoms. The molecule has 1 N–H and O–H groups in total. The van der Waals surface area contributed by atoms with Gasteiger partial charge in [-0.05, 0) is 39.8 Å². The van der Waals surface area contributed by atoms with Gasteiger partial charge in [-0.15, -0.1) is 0 Å². The fraction of sp³-hybridized carbons (Fsp3) is 0.435. The number of fused-ring (bicyclic) bond motifs is 1. The van der Waals surface area contributed by atoms with E-state index in [2.05, 4.69) is 19.9 Å². The highest BCUT2D eigenvalue weighted by molar-refractivity contribution is 5.94. The molecule has 0 unspecified atom stereocenters. The summed E-state index contributed by atoms with van der Waals surface area (Å²) in [5, 5.41) is 0. The van der Waals surface area contributed by atoms with E-state index in [-0.39, 0.29) is 40.9 Å². The number of nitrogens with zero attached hydrogens (tertiary/aromatic N) is 4. The van der Waals surface area contributed by atoms with Crippen molar-refractivity contribution < 1.29 is 27.4 Å². The second kappa shape index (κ2) is 9.25. The lowest BCUT2D eigenvalue weighted by Gasteiger charge is -2.35. The van der Waals surface area contributed by atoms with Crippen LogP contribution in [-0.2, 0) is 10.9 Å². The highest BCUT2D eigenvalue weighted by atomic mass is 19.4. The highest BCUT2D eigenvalue weighted by Crippen LogP contribution is 2.36. The molecule has 0 radical (unpaired) electrons. The summed E-state index contributed by atoms with van der Waals surface area (Å²) < 4.78 is 52.6. The van der Waals surface area contributed by atoms with Crippen LogP contribution in [0.2, 0.25) is 0 Å². The topological polar surface area (TPSA) is 110 Å². The number of ether oxygens (including phenoxy) is 2. The Morgan fingerprint density at radius 3 is 2.51 bits per heavy atom. The maximum atomic E-state index is 13.8. The van der Waals surface area contributed by atoms with E-state index in [4.69, 9.17) is 9.47 Å². The van der Waals surface area contributed by atoms with E-state index in [1.807, 2.05) is 13.8 Å². The van der Waals surface area contributed by atoms with Gasteiger partial charge in [0.2, 0.25) is 5.88 Å². The molecule has 1 saturated heterocycles. The first kappa shape index (κ1) is 24.6. The molecule has 12 heteroatoms. The molecule has 1 fully saturated rings. The number of aromatic amines is 1. The predicted octanol–water partition coefficient (Wildman–Crippen LogP) is 3.43. The SMILES string of the molecule is Cc1nc2cc(C(F)(F)F)c([C@@H](C)Oc3ccc(C(=O)N4C[C@@H](C)O[C@@H](C)C4)cn3)nc2c(=O)[nH]1. The molecule has 3 aromatic rings. The Morgan fingerprint density at radius 1 is 1.23 bits per heavy atom. The molecule has 0 aliphatic carbocycles. The number of pyridine rings is 2. The number of hydrogen-bond donors (Lipinski definition) is 1. The molecule has 9 nitrogen and oxygen atoms in total. The number of alkyl halides is 3. The number of morpholine rings is 1. The molecular formula is C23H24F3N5O4. The van der Waals surface area contributed by atoms with Crippen molar-refractivity contribution in [1.82, 2.24) is 24.8 Å². The molecule has 1 aliphatic rings. The van der Waals surface area contributed by atoms with Crippen molar-refractivity contribution in [1.29, 1.82) is 0 Å². The zero-order chi connectivity index (χ0) is 25.5. The monoisotopic (exact) mass is 491 g/mol. The number of amides is 1. The first-order chi connectivity index (χ1) is 16.4. The molecule has 186 valence electrons. The molecule has 0 bridgehead atoms. The van der Waals surface area contributed by atoms with Crippen molar-refractivity contribution in [3.63, 3.8) is 0 Å². The number of halogens is 3. The van der Waals surface area contributed by atoms with Gasteiger partial charge >= 0.3 is 6.18 Å². The molecule has 0 saturated carbocycles. The average molecular weight is 491 g/mol. The van der Waals surface area contributed by atoms with E-state index in [1.54, 1.807) is 4.90 Å². The third kappa shape index (κ3) is 5.26. The van der Waals surface area contributed by atoms with E-state index in [0.29, 0.717) is 18.7 Å². The van der Waals surface area contributed by atoms with Gasteiger partial charge in [-0.3, -0.25) is 9.59 Å². The minimum Gasteiger partial charge on any atom is -0.468 e. The summed E-state index contributed by atoms with van der Waals surface area (Å²) in [6.07, 6.45) is -4.83. The second-order valence-electron chi connectivity index (χ2n) is 8.55. The number of rotatable bonds is 4. The maximum Gasteiger partial charge on any atom is 0.418 e. The fourth-order valence-corrected chi connectivity index (χ4v) is 4.08. The van der Waals surface area contributed by atoms with Crippen molar-refractivity contribution in [3.8, 4) is 5.88 Å². The van der Waals surface area contributed by atoms with Crippen LogP contribution in [0.3, 0.4) is 0 Å². The number of hydrogen-bond acceptors (Lipinski definition) is 7. The van der Waals surface area contributed by atoms with E-state index in [9.17, 15) is 22.8 Å². The quantitative estimate of drug-likeness (QED) is 0.595. The summed E-state index contributed by atoms with van der Waals surface area (Å²) in [6.45, 7) is 7.49. The van der Waals surface area contributed by atoms with Gasteiger partial charge in [-0.25, -0.2) is 15.0 Å². The largest absolute Gasteiger partial charge is 0.468 e. The molecule has 1 aliphatic heterocycles. The minimum absolute atomic E-state index is 0.00345. The van der Waals surface area contributed by atoms with Gasteiger partial charge in [0.15, 0.2) is 5.52 Å². The summed E-state index contributed by atoms with van der Waals surface area (Å²) in [7, 11) is 0. The van der Waals surface area contributed by atoms with Crippen LogP contribution < -0.4 is 10.3 Å². The third-order valence-corrected chi connectivity index (χ3v) is 5.51. The lowest BCUT2D eigenvalue weighted by Crippen LogP contribution is -2.48. The fourth-order valence-electron chi connectivity index (χ4n) is 4.08. The maximum absolute atomic E-state index is 13.8. The van der Waals surface area contributed by atoms with Crippen LogP contribution in [0.25, 0.3) is 11.0 Å². The smallest absolute Gasteiger partial charge is 0.418 e. The van der Waals surface area contributed by atoms with Gasteiger partial charge in [0.05, 0.1) is 34.5 Å². The van der Waals surface area contributed by atoms with Gasteiger partial charge in [0.25, 0.3) is 11.5 Å². The summed E-state index contributed by atoms with van der Waals surface area (Å²) in [5.41, 5.74) is -2.25. The number of aryl methyl sites for hydroxylation is 1. The second-order valence-corrected chi connectivity index (χ2v) is 8.55. The zero-order valence-electron chi connectivity index (χ0n) is 19.5. The summed E-state index contributed by atoms with van der Waals surface area (Å²) in [4.78, 5) is 41.1. The van der Waals surface area contributed by atoms with Gasteiger partial charge in [-0.2, -0.15) is 13.2 Å². The lowest BCUT2D eigenvalue weighted by molar-refractivity contribution is -0.139. The number of aromatic nitrogens is 4. The Balaban J connectivity index is 1.59. The highest BCUT2D eigenvalue weighted by Gasteiger charge is 2.37. The molecular weight excluding hydrogens is 467 g/mol. The summed E-state index contributed by atoms with van der Waals surface area (Å²) in [6, 6.07) is 3.69. The van der Waals surface area contributed by atoms with Crippen molar-refractivity contribution in [3.05, 3.63) is 57.4 Å². The standard InChI is InChI=1S/C23H24F3N5O4/c1-11-9-31(10-12(2)34-11)22(33)15-5-6-18(27-8-15)35-13(3)19-16(23(24,25)26)7-17-20(30-19)21(32)29-14(4)28-17/h5-8,11-13H,9-10H2,1-4H3,(H,28,29,32)/t11-,12+,13-/m1/s1. The van der Waals surface area contributed by atoms with Crippen LogP contribution in [0.15, 0.2) is 29.2 Å². The van der Waals surface area contributed by atoms with Crippen LogP contribution in [0, 0.1) is 6.92 Å². The van der Waals surface area contributed by atoms with Crippen LogP contribution in [0.4, 0.5) is 13.2 Å². The van der Waals surface area contributed by atoms with E-state index in [1.165, 1.54) is 32.2 Å². The van der Waals surface area contributed by atoms with E-state index < -0.39 is 29.1 Å². The third-order valence-electron chi connectivity index (χ3n) is 5.51. The zero-order valence-corrected chi connectivity index (χ0v) is 19.5. The van der Waals surface area contributed by atoms with Crippen LogP contribution in [0.1, 0.15) is 54.3 Å². The molecule has 35 heavy (non-hydrogen) atoms. The van der Waals surface area contributed by atoms with Gasteiger partial charge < -0.3 is 19.4 Å². The number of carbonyl (C=O) groups excluding carboxylic acids is 1. The summed E-state index contributed by atoms with van der Waals surface area (Å²) >= 11 is 0. The molecule has 3 atom stereocenters. The Kier molecular flexibility index (Phi) is 6.50. The van der Waals surface area contributed by atoms with Crippen molar-refractivity contribution in [2.75, 3.05) is 13.1 Å². The Labute approximate surface area is 198 Å². The first-order valence-electron chi connectivity index (χ1n) is 11.0. The number of nitrogens with one attached hydrogen (secondary N) is 1. The minimum atomic E-state index is -4.75. The summed E-state index contributed by atoms with van der Waals surface area (Å²) in [5.74, 6) is -0.0466. The Hall–Kier alpha value is -3.54. The average Bonchev–Trinajstić information content (AvgIpc) is 2.77. The normalized spacial score (nSPS) is 19.6. The van der Waals surface area contributed by atoms with Crippen LogP contribution in [-0.4, -0.2) is 56.0 Å². The molecule has 1 amide bonds. The number of H-pyrrole nitrogens is 1. The van der Waals surface area contributed by atoms with Crippen molar-refractivity contribution in [2.24, 2.45) is 0 Å². The van der Waals surface area contributed by atoms with Crippen LogP contribution >= 0.6 is 0 Å². The number of carbonyl (C=O) groups is 1. The predicted molar refractivity (Wildman–Crippen MR) is 119 cm³/mol. The first-order valence-corrected chi connectivity index (χ1v) is 11.0. The Morgan fingerprint density at radius 2 is 1.91 bits per heavy atom. The van der Waals surface area contributed by atoms with Gasteiger partial charge in [-0.1, -0.05) is 0 Å². The van der Waals surface area contributed by atoms with Gasteiger partial charge in [0, 0.05) is 25.4 Å². The molecule has 4 rings (SSSR count). The van der Waals surface area contributed by atoms with Crippen LogP contribution in [0.5, 0.6) is 5.88 Å². The lowest BCUT2D eigenvalue weighted by atomic mass is 10.1. The van der Waals surface area contributed by atoms with E-state index in [0.717, 1.165) is 6.07 Å². The molecule has 3 aromatic heterocycles. The molecule has 0 aromatic carbocycles. The van der Waals surface area contributed by atoms with Gasteiger partial charge in [0.1, 0.15) is 11.9 Å². The van der Waals surface area contributed by atoms with Crippen molar-refractivity contribution in [2.45, 2.75) is 52.2 Å². The van der Waals surface area contributed by atoms with E-state index >= 15 is 0 Å². The Bertz CT molecular complexity index is 1300. The molecule has 4 heterocycles.